The number of nitrogens with zero attached hydrogens (tertiary/aromatic N) is 3. The van der Waals surface area contributed by atoms with E-state index in [-0.39, 0.29) is 17.3 Å². The van der Waals surface area contributed by atoms with E-state index in [0.717, 1.165) is 13.0 Å². The standard InChI is InChI=1S/C22H23FN4O4/c1-13-17(28)6-5-15(23)21(13)26-22-14-10-18(30-2)19(11-16(14)24-12-25-22)31-9-8-27-7-3-4-20(27)29/h5-6,10-12,28H,3-4,7-9H2,1-2H3,(H,24,25,26). The van der Waals surface area contributed by atoms with Gasteiger partial charge in [-0.05, 0) is 31.5 Å². The van der Waals surface area contributed by atoms with Gasteiger partial charge in [-0.15, -0.1) is 0 Å². The van der Waals surface area contributed by atoms with Crippen LogP contribution in [0.15, 0.2) is 30.6 Å². The average Bonchev–Trinajstić information content (AvgIpc) is 3.18. The van der Waals surface area contributed by atoms with Gasteiger partial charge < -0.3 is 24.8 Å². The lowest BCUT2D eigenvalue weighted by molar-refractivity contribution is -0.128. The van der Waals surface area contributed by atoms with E-state index < -0.39 is 5.82 Å². The first-order chi connectivity index (χ1) is 15.0. The molecule has 0 atom stereocenters. The molecule has 2 aromatic carbocycles. The van der Waals surface area contributed by atoms with Crippen LogP contribution in [0.1, 0.15) is 18.4 Å². The molecule has 4 rings (SSSR count). The van der Waals surface area contributed by atoms with Gasteiger partial charge in [0.25, 0.3) is 0 Å². The number of carbonyl (C=O) groups excluding carboxylic acids is 1. The zero-order chi connectivity index (χ0) is 22.0. The summed E-state index contributed by atoms with van der Waals surface area (Å²) in [5, 5.41) is 13.5. The Morgan fingerprint density at radius 3 is 2.84 bits per heavy atom. The molecule has 9 heteroatoms. The number of aromatic hydroxyl groups is 1. The van der Waals surface area contributed by atoms with E-state index in [1.54, 1.807) is 24.0 Å². The van der Waals surface area contributed by atoms with Crippen LogP contribution in [0.4, 0.5) is 15.9 Å². The van der Waals surface area contributed by atoms with Crippen molar-refractivity contribution in [3.05, 3.63) is 42.0 Å². The molecule has 0 aliphatic carbocycles. The first-order valence-corrected chi connectivity index (χ1v) is 9.96. The Balaban J connectivity index is 1.61. The summed E-state index contributed by atoms with van der Waals surface area (Å²) in [5.41, 5.74) is 1.08. The number of phenolic OH excluding ortho intramolecular Hbond substituents is 1. The lowest BCUT2D eigenvalue weighted by Crippen LogP contribution is -2.29. The number of ether oxygens (including phenoxy) is 2. The van der Waals surface area contributed by atoms with Crippen molar-refractivity contribution in [2.75, 3.05) is 32.1 Å². The topological polar surface area (TPSA) is 96.8 Å². The molecule has 2 N–H and O–H groups in total. The Bertz CT molecular complexity index is 1140. The highest BCUT2D eigenvalue weighted by molar-refractivity contribution is 5.93. The molecule has 3 aromatic rings. The monoisotopic (exact) mass is 426 g/mol. The number of likely N-dealkylation sites (tertiary alicyclic amines) is 1. The van der Waals surface area contributed by atoms with Crippen LogP contribution in [-0.4, -0.2) is 52.7 Å². The molecule has 1 amide bonds. The van der Waals surface area contributed by atoms with Gasteiger partial charge in [0.1, 0.15) is 30.3 Å². The van der Waals surface area contributed by atoms with Gasteiger partial charge in [-0.1, -0.05) is 0 Å². The molecular formula is C22H23FN4O4. The largest absolute Gasteiger partial charge is 0.508 e. The fourth-order valence-corrected chi connectivity index (χ4v) is 3.58. The zero-order valence-electron chi connectivity index (χ0n) is 17.3. The van der Waals surface area contributed by atoms with Gasteiger partial charge in [0.2, 0.25) is 5.91 Å². The van der Waals surface area contributed by atoms with Crippen LogP contribution in [0.3, 0.4) is 0 Å². The number of hydrogen-bond acceptors (Lipinski definition) is 7. The first kappa shape index (κ1) is 20.6. The molecule has 1 aliphatic heterocycles. The lowest BCUT2D eigenvalue weighted by atomic mass is 10.1. The minimum Gasteiger partial charge on any atom is -0.508 e. The van der Waals surface area contributed by atoms with Crippen LogP contribution >= 0.6 is 0 Å². The summed E-state index contributed by atoms with van der Waals surface area (Å²) in [6, 6.07) is 5.92. The van der Waals surface area contributed by atoms with Gasteiger partial charge in [-0.3, -0.25) is 4.79 Å². The highest BCUT2D eigenvalue weighted by Gasteiger charge is 2.20. The number of carbonyl (C=O) groups is 1. The molecule has 1 aliphatic rings. The molecule has 0 saturated carbocycles. The Morgan fingerprint density at radius 1 is 1.26 bits per heavy atom. The number of anilines is 2. The van der Waals surface area contributed by atoms with Crippen molar-refractivity contribution in [2.24, 2.45) is 0 Å². The fraction of sp³-hybridized carbons (Fsp3) is 0.318. The minimum absolute atomic E-state index is 0.0213. The van der Waals surface area contributed by atoms with Crippen LogP contribution in [0.2, 0.25) is 0 Å². The molecule has 1 fully saturated rings. The molecule has 2 heterocycles. The number of halogens is 1. The van der Waals surface area contributed by atoms with E-state index in [9.17, 15) is 14.3 Å². The van der Waals surface area contributed by atoms with Gasteiger partial charge in [0.05, 0.1) is 24.9 Å². The number of nitrogens with one attached hydrogen (secondary N) is 1. The third-order valence-corrected chi connectivity index (χ3v) is 5.34. The van der Waals surface area contributed by atoms with Crippen molar-refractivity contribution in [3.8, 4) is 17.2 Å². The second-order valence-electron chi connectivity index (χ2n) is 7.27. The summed E-state index contributed by atoms with van der Waals surface area (Å²) in [6.45, 7) is 3.20. The predicted octanol–water partition coefficient (Wildman–Crippen LogP) is 3.54. The maximum absolute atomic E-state index is 14.3. The second-order valence-corrected chi connectivity index (χ2v) is 7.27. The molecule has 162 valence electrons. The number of hydrogen-bond donors (Lipinski definition) is 2. The van der Waals surface area contributed by atoms with Crippen molar-refractivity contribution in [3.63, 3.8) is 0 Å². The van der Waals surface area contributed by atoms with Crippen LogP contribution < -0.4 is 14.8 Å². The summed E-state index contributed by atoms with van der Waals surface area (Å²) < 4.78 is 25.7. The number of benzene rings is 2. The van der Waals surface area contributed by atoms with Crippen molar-refractivity contribution in [1.82, 2.24) is 14.9 Å². The van der Waals surface area contributed by atoms with Gasteiger partial charge in [0.15, 0.2) is 11.5 Å². The highest BCUT2D eigenvalue weighted by atomic mass is 19.1. The number of rotatable bonds is 7. The van der Waals surface area contributed by atoms with Crippen molar-refractivity contribution in [1.29, 1.82) is 0 Å². The van der Waals surface area contributed by atoms with Gasteiger partial charge in [-0.25, -0.2) is 14.4 Å². The lowest BCUT2D eigenvalue weighted by Gasteiger charge is -2.18. The molecule has 0 spiro atoms. The Hall–Kier alpha value is -3.62. The minimum atomic E-state index is -0.509. The highest BCUT2D eigenvalue weighted by Crippen LogP contribution is 2.36. The van der Waals surface area contributed by atoms with Gasteiger partial charge in [0, 0.05) is 30.0 Å². The third kappa shape index (κ3) is 4.16. The molecule has 31 heavy (non-hydrogen) atoms. The Morgan fingerprint density at radius 2 is 2.10 bits per heavy atom. The zero-order valence-corrected chi connectivity index (χ0v) is 17.3. The van der Waals surface area contributed by atoms with Gasteiger partial charge >= 0.3 is 0 Å². The van der Waals surface area contributed by atoms with E-state index in [2.05, 4.69) is 15.3 Å². The molecule has 0 radical (unpaired) electrons. The predicted molar refractivity (Wildman–Crippen MR) is 113 cm³/mol. The molecular weight excluding hydrogens is 403 g/mol. The molecule has 1 saturated heterocycles. The quantitative estimate of drug-likeness (QED) is 0.596. The van der Waals surface area contributed by atoms with E-state index in [1.165, 1.54) is 25.6 Å². The van der Waals surface area contributed by atoms with E-state index in [1.807, 2.05) is 0 Å². The molecule has 0 unspecified atom stereocenters. The number of amides is 1. The molecule has 1 aromatic heterocycles. The smallest absolute Gasteiger partial charge is 0.222 e. The van der Waals surface area contributed by atoms with Crippen molar-refractivity contribution < 1.29 is 23.8 Å². The summed E-state index contributed by atoms with van der Waals surface area (Å²) in [7, 11) is 1.52. The summed E-state index contributed by atoms with van der Waals surface area (Å²) in [6.07, 6.45) is 2.83. The maximum Gasteiger partial charge on any atom is 0.222 e. The van der Waals surface area contributed by atoms with E-state index in [4.69, 9.17) is 9.47 Å². The van der Waals surface area contributed by atoms with E-state index >= 15 is 0 Å². The normalized spacial score (nSPS) is 13.6. The van der Waals surface area contributed by atoms with Gasteiger partial charge in [-0.2, -0.15) is 0 Å². The van der Waals surface area contributed by atoms with Crippen LogP contribution in [0.5, 0.6) is 17.2 Å². The number of phenols is 1. The van der Waals surface area contributed by atoms with Crippen LogP contribution in [0, 0.1) is 12.7 Å². The van der Waals surface area contributed by atoms with Crippen molar-refractivity contribution in [2.45, 2.75) is 19.8 Å². The number of methoxy groups -OCH3 is 1. The molecule has 0 bridgehead atoms. The summed E-state index contributed by atoms with van der Waals surface area (Å²) in [4.78, 5) is 22.0. The molecule has 8 nitrogen and oxygen atoms in total. The third-order valence-electron chi connectivity index (χ3n) is 5.34. The van der Waals surface area contributed by atoms with Crippen LogP contribution in [-0.2, 0) is 4.79 Å². The van der Waals surface area contributed by atoms with E-state index in [0.29, 0.717) is 53.4 Å². The fourth-order valence-electron chi connectivity index (χ4n) is 3.58. The Kier molecular flexibility index (Phi) is 5.75. The summed E-state index contributed by atoms with van der Waals surface area (Å²) in [5.74, 6) is 0.937. The average molecular weight is 426 g/mol. The SMILES string of the molecule is COc1cc2c(Nc3c(F)ccc(O)c3C)ncnc2cc1OCCN1CCCC1=O. The van der Waals surface area contributed by atoms with Crippen LogP contribution in [0.25, 0.3) is 10.9 Å². The second kappa shape index (κ2) is 8.63. The number of fused-ring (bicyclic) bond motifs is 1. The first-order valence-electron chi connectivity index (χ1n) is 9.96. The summed E-state index contributed by atoms with van der Waals surface area (Å²) >= 11 is 0. The maximum atomic E-state index is 14.3. The Labute approximate surface area is 178 Å². The number of aromatic nitrogens is 2. The van der Waals surface area contributed by atoms with Crippen molar-refractivity contribution >= 4 is 28.3 Å².